The number of carbonyl (C=O) groups is 1. The van der Waals surface area contributed by atoms with E-state index in [0.717, 1.165) is 12.0 Å². The third-order valence-corrected chi connectivity index (χ3v) is 5.43. The van der Waals surface area contributed by atoms with Crippen molar-refractivity contribution in [1.29, 1.82) is 0 Å². The van der Waals surface area contributed by atoms with Crippen molar-refractivity contribution in [2.75, 3.05) is 7.05 Å². The topological polar surface area (TPSA) is 59.2 Å². The molecule has 2 aromatic heterocycles. The van der Waals surface area contributed by atoms with Crippen LogP contribution in [0.25, 0.3) is 11.5 Å². The van der Waals surface area contributed by atoms with Gasteiger partial charge in [-0.2, -0.15) is 11.3 Å². The van der Waals surface area contributed by atoms with Crippen LogP contribution in [0, 0.1) is 5.92 Å². The molecule has 0 aliphatic heterocycles. The SMILES string of the molecule is CC1CCCCC1N(C)C(=O)CCc1nnc(-c2ccsc2)o1. The number of hydrogen-bond acceptors (Lipinski definition) is 5. The quantitative estimate of drug-likeness (QED) is 0.836. The molecule has 6 heteroatoms. The summed E-state index contributed by atoms with van der Waals surface area (Å²) in [5.74, 6) is 1.82. The fraction of sp³-hybridized carbons (Fsp3) is 0.588. The molecule has 2 heterocycles. The van der Waals surface area contributed by atoms with Gasteiger partial charge < -0.3 is 9.32 Å². The average Bonchev–Trinajstić information content (AvgIpc) is 3.23. The summed E-state index contributed by atoms with van der Waals surface area (Å²) in [7, 11) is 1.93. The predicted octanol–water partition coefficient (Wildman–Crippen LogP) is 3.77. The Kier molecular flexibility index (Phi) is 5.10. The van der Waals surface area contributed by atoms with E-state index in [2.05, 4.69) is 17.1 Å². The maximum Gasteiger partial charge on any atom is 0.248 e. The van der Waals surface area contributed by atoms with E-state index in [-0.39, 0.29) is 5.91 Å². The zero-order valence-corrected chi connectivity index (χ0v) is 14.5. The Balaban J connectivity index is 1.54. The number of amides is 1. The molecule has 1 aliphatic carbocycles. The summed E-state index contributed by atoms with van der Waals surface area (Å²) in [6.45, 7) is 2.25. The second-order valence-electron chi connectivity index (χ2n) is 6.35. The van der Waals surface area contributed by atoms with Gasteiger partial charge in [0.15, 0.2) is 0 Å². The van der Waals surface area contributed by atoms with Gasteiger partial charge in [-0.25, -0.2) is 0 Å². The predicted molar refractivity (Wildman–Crippen MR) is 90.1 cm³/mol. The molecule has 2 unspecified atom stereocenters. The highest BCUT2D eigenvalue weighted by atomic mass is 32.1. The van der Waals surface area contributed by atoms with E-state index in [1.807, 2.05) is 28.8 Å². The average molecular weight is 333 g/mol. The van der Waals surface area contributed by atoms with E-state index in [1.165, 1.54) is 19.3 Å². The number of aryl methyl sites for hydroxylation is 1. The zero-order chi connectivity index (χ0) is 16.2. The first-order valence-electron chi connectivity index (χ1n) is 8.25. The summed E-state index contributed by atoms with van der Waals surface area (Å²) in [5.41, 5.74) is 0.938. The van der Waals surface area contributed by atoms with E-state index in [0.29, 0.717) is 36.6 Å². The van der Waals surface area contributed by atoms with Gasteiger partial charge in [0.1, 0.15) is 0 Å². The van der Waals surface area contributed by atoms with Crippen LogP contribution in [0.15, 0.2) is 21.2 Å². The Bertz CT molecular complexity index is 638. The summed E-state index contributed by atoms with van der Waals surface area (Å²) in [5, 5.41) is 12.0. The Labute approximate surface area is 140 Å². The molecule has 0 aromatic carbocycles. The lowest BCUT2D eigenvalue weighted by Gasteiger charge is -2.36. The molecule has 1 saturated carbocycles. The first-order chi connectivity index (χ1) is 11.1. The molecule has 0 spiro atoms. The molecule has 5 nitrogen and oxygen atoms in total. The van der Waals surface area contributed by atoms with Crippen LogP contribution in [0.1, 0.15) is 44.9 Å². The van der Waals surface area contributed by atoms with Gasteiger partial charge >= 0.3 is 0 Å². The van der Waals surface area contributed by atoms with Crippen LogP contribution in [-0.2, 0) is 11.2 Å². The van der Waals surface area contributed by atoms with Gasteiger partial charge in [-0.3, -0.25) is 4.79 Å². The van der Waals surface area contributed by atoms with Crippen molar-refractivity contribution in [3.05, 3.63) is 22.7 Å². The van der Waals surface area contributed by atoms with Crippen molar-refractivity contribution < 1.29 is 9.21 Å². The fourth-order valence-corrected chi connectivity index (χ4v) is 3.93. The molecule has 2 aromatic rings. The van der Waals surface area contributed by atoms with E-state index in [4.69, 9.17) is 4.42 Å². The molecule has 1 fully saturated rings. The minimum absolute atomic E-state index is 0.166. The van der Waals surface area contributed by atoms with Gasteiger partial charge in [0.25, 0.3) is 0 Å². The summed E-state index contributed by atoms with van der Waals surface area (Å²) in [6.07, 6.45) is 5.77. The van der Waals surface area contributed by atoms with E-state index < -0.39 is 0 Å². The standard InChI is InChI=1S/C17H23N3O2S/c1-12-5-3-4-6-14(12)20(2)16(21)8-7-15-18-19-17(22-15)13-9-10-23-11-13/h9-12,14H,3-8H2,1-2H3. The summed E-state index contributed by atoms with van der Waals surface area (Å²) in [6, 6.07) is 2.33. The van der Waals surface area contributed by atoms with Crippen LogP contribution < -0.4 is 0 Å². The van der Waals surface area contributed by atoms with Crippen molar-refractivity contribution >= 4 is 17.2 Å². The van der Waals surface area contributed by atoms with E-state index in [9.17, 15) is 4.79 Å². The third-order valence-electron chi connectivity index (χ3n) is 4.74. The minimum Gasteiger partial charge on any atom is -0.421 e. The van der Waals surface area contributed by atoms with Crippen molar-refractivity contribution in [3.8, 4) is 11.5 Å². The molecule has 0 saturated heterocycles. The van der Waals surface area contributed by atoms with Crippen molar-refractivity contribution in [3.63, 3.8) is 0 Å². The number of thiophene rings is 1. The summed E-state index contributed by atoms with van der Waals surface area (Å²) >= 11 is 1.59. The highest BCUT2D eigenvalue weighted by Crippen LogP contribution is 2.28. The first kappa shape index (κ1) is 16.2. The van der Waals surface area contributed by atoms with Crippen LogP contribution >= 0.6 is 11.3 Å². The lowest BCUT2D eigenvalue weighted by molar-refractivity contribution is -0.133. The Morgan fingerprint density at radius 1 is 1.39 bits per heavy atom. The van der Waals surface area contributed by atoms with Crippen LogP contribution in [0.3, 0.4) is 0 Å². The second kappa shape index (κ2) is 7.25. The number of rotatable bonds is 5. The van der Waals surface area contributed by atoms with Gasteiger partial charge in [-0.15, -0.1) is 10.2 Å². The van der Waals surface area contributed by atoms with Gasteiger partial charge in [-0.1, -0.05) is 19.8 Å². The molecular formula is C17H23N3O2S. The Hall–Kier alpha value is -1.69. The third kappa shape index (κ3) is 3.80. The number of nitrogens with zero attached hydrogens (tertiary/aromatic N) is 3. The Morgan fingerprint density at radius 3 is 2.96 bits per heavy atom. The van der Waals surface area contributed by atoms with Crippen molar-refractivity contribution in [2.24, 2.45) is 5.92 Å². The normalized spacial score (nSPS) is 21.3. The molecule has 0 N–H and O–H groups in total. The highest BCUT2D eigenvalue weighted by Gasteiger charge is 2.27. The van der Waals surface area contributed by atoms with E-state index in [1.54, 1.807) is 11.3 Å². The lowest BCUT2D eigenvalue weighted by atomic mass is 9.85. The van der Waals surface area contributed by atoms with Crippen LogP contribution in [0.2, 0.25) is 0 Å². The molecule has 23 heavy (non-hydrogen) atoms. The molecule has 0 radical (unpaired) electrons. The second-order valence-corrected chi connectivity index (χ2v) is 7.13. The number of hydrogen-bond donors (Lipinski definition) is 0. The smallest absolute Gasteiger partial charge is 0.248 e. The van der Waals surface area contributed by atoms with Gasteiger partial charge in [-0.05, 0) is 30.2 Å². The number of aromatic nitrogens is 2. The molecule has 1 aliphatic rings. The van der Waals surface area contributed by atoms with Crippen LogP contribution in [0.5, 0.6) is 0 Å². The monoisotopic (exact) mass is 333 g/mol. The largest absolute Gasteiger partial charge is 0.421 e. The Morgan fingerprint density at radius 2 is 2.22 bits per heavy atom. The highest BCUT2D eigenvalue weighted by molar-refractivity contribution is 7.08. The van der Waals surface area contributed by atoms with E-state index >= 15 is 0 Å². The molecule has 2 atom stereocenters. The van der Waals surface area contributed by atoms with Crippen molar-refractivity contribution in [2.45, 2.75) is 51.5 Å². The van der Waals surface area contributed by atoms with Crippen LogP contribution in [0.4, 0.5) is 0 Å². The molecule has 3 rings (SSSR count). The first-order valence-corrected chi connectivity index (χ1v) is 9.20. The molecular weight excluding hydrogens is 310 g/mol. The molecule has 1 amide bonds. The minimum atomic E-state index is 0.166. The maximum atomic E-state index is 12.4. The zero-order valence-electron chi connectivity index (χ0n) is 13.7. The summed E-state index contributed by atoms with van der Waals surface area (Å²) in [4.78, 5) is 14.4. The van der Waals surface area contributed by atoms with Crippen molar-refractivity contribution in [1.82, 2.24) is 15.1 Å². The maximum absolute atomic E-state index is 12.4. The van der Waals surface area contributed by atoms with Gasteiger partial charge in [0.2, 0.25) is 17.7 Å². The van der Waals surface area contributed by atoms with Gasteiger partial charge in [0.05, 0.1) is 0 Å². The number of carbonyl (C=O) groups excluding carboxylic acids is 1. The fourth-order valence-electron chi connectivity index (χ4n) is 3.30. The molecule has 0 bridgehead atoms. The lowest BCUT2D eigenvalue weighted by Crippen LogP contribution is -2.42. The van der Waals surface area contributed by atoms with Crippen LogP contribution in [-0.4, -0.2) is 34.1 Å². The molecule has 124 valence electrons. The summed E-state index contributed by atoms with van der Waals surface area (Å²) < 4.78 is 5.64. The van der Waals surface area contributed by atoms with Gasteiger partial charge in [0, 0.05) is 36.9 Å².